The van der Waals surface area contributed by atoms with Gasteiger partial charge in [0.25, 0.3) is 5.69 Å². The predicted molar refractivity (Wildman–Crippen MR) is 168 cm³/mol. The van der Waals surface area contributed by atoms with Crippen molar-refractivity contribution in [2.45, 2.75) is 4.90 Å². The topological polar surface area (TPSA) is 124 Å². The highest BCUT2D eigenvalue weighted by molar-refractivity contribution is 7.95. The molecule has 0 unspecified atom stereocenters. The molecule has 4 aromatic carbocycles. The molecule has 0 aliphatic carbocycles. The second-order valence-electron chi connectivity index (χ2n) is 7.92. The third kappa shape index (κ3) is 11.7. The van der Waals surface area contributed by atoms with Crippen LogP contribution in [-0.4, -0.2) is 37.9 Å². The molecule has 0 spiro atoms. The molecule has 0 aromatic heterocycles. The number of hydrogen-bond acceptors (Lipinski definition) is 6. The first-order valence-electron chi connectivity index (χ1n) is 11.0. The van der Waals surface area contributed by atoms with Gasteiger partial charge in [-0.15, -0.1) is 0 Å². The minimum Gasteiger partial charge on any atom is -0.508 e. The van der Waals surface area contributed by atoms with Crippen LogP contribution in [-0.2, 0) is 10.9 Å². The number of nitro benzene ring substituents is 1. The summed E-state index contributed by atoms with van der Waals surface area (Å²) in [7, 11) is 0.302. The molecule has 4 N–H and O–H groups in total. The molecule has 0 atom stereocenters. The number of hydrogen-bond donors (Lipinski definition) is 4. The van der Waals surface area contributed by atoms with Crippen LogP contribution in [0.2, 0.25) is 25.1 Å². The standard InChI is InChI=1S/C8H10OS.C6HCl5O.C6HF5O.C6H5NO3.CH3/c1-10(2)8-5-3-7(9)4-6-8;2*7-1-2(8)4(10)6(12)5(11)3(1)9;8-6-3-1-5(2-4-6)7(9)10;/h3-6H,1-2H3;2*12H;1-4,8H;1H3/q;;;;-1/p+1. The van der Waals surface area contributed by atoms with E-state index in [1.165, 1.54) is 29.2 Å². The zero-order valence-electron chi connectivity index (χ0n) is 22.9. The fourth-order valence-electron chi connectivity index (χ4n) is 2.48. The van der Waals surface area contributed by atoms with Gasteiger partial charge in [-0.3, -0.25) is 10.1 Å². The lowest BCUT2D eigenvalue weighted by molar-refractivity contribution is -0.384. The molecule has 0 radical (unpaired) electrons. The Balaban J connectivity index is 0.000000571. The van der Waals surface area contributed by atoms with Crippen LogP contribution in [0, 0.1) is 46.6 Å². The van der Waals surface area contributed by atoms with Gasteiger partial charge in [0.2, 0.25) is 29.1 Å². The Labute approximate surface area is 281 Å². The number of phenolic OH excluding ortho intramolecular Hbond substituents is 4. The number of halogens is 10. The number of nitrogens with zero attached hydrogens (tertiary/aromatic N) is 1. The highest BCUT2D eigenvalue weighted by Crippen LogP contribution is 2.47. The van der Waals surface area contributed by atoms with Crippen LogP contribution in [0.5, 0.6) is 23.0 Å². The first-order chi connectivity index (χ1) is 20.3. The third-order valence-electron chi connectivity index (χ3n) is 4.74. The lowest BCUT2D eigenvalue weighted by Gasteiger charge is -2.06. The molecule has 0 fully saturated rings. The first kappa shape index (κ1) is 41.9. The normalized spacial score (nSPS) is 9.89. The Morgan fingerprint density at radius 3 is 1.22 bits per heavy atom. The maximum absolute atomic E-state index is 12.2. The van der Waals surface area contributed by atoms with E-state index in [2.05, 4.69) is 12.5 Å². The van der Waals surface area contributed by atoms with Crippen molar-refractivity contribution in [2.24, 2.45) is 0 Å². The summed E-state index contributed by atoms with van der Waals surface area (Å²) in [4.78, 5) is 10.8. The van der Waals surface area contributed by atoms with Crippen LogP contribution >= 0.6 is 58.0 Å². The maximum Gasteiger partial charge on any atom is 0.269 e. The Morgan fingerprint density at radius 2 is 0.889 bits per heavy atom. The zero-order chi connectivity index (χ0) is 34.0. The van der Waals surface area contributed by atoms with E-state index in [1.54, 1.807) is 12.1 Å². The Morgan fingerprint density at radius 1 is 0.578 bits per heavy atom. The molecular weight excluding hydrogens is 739 g/mol. The summed E-state index contributed by atoms with van der Waals surface area (Å²) in [5.74, 6) is -12.9. The van der Waals surface area contributed by atoms with Crippen molar-refractivity contribution in [1.82, 2.24) is 0 Å². The van der Waals surface area contributed by atoms with Gasteiger partial charge in [0.1, 0.15) is 34.1 Å². The van der Waals surface area contributed by atoms with Crippen molar-refractivity contribution in [2.75, 3.05) is 12.5 Å². The molecule has 0 saturated heterocycles. The van der Waals surface area contributed by atoms with Gasteiger partial charge in [-0.25, -0.2) is 13.2 Å². The fraction of sp³-hybridized carbons (Fsp3) is 0.0741. The Bertz CT molecular complexity index is 1340. The van der Waals surface area contributed by atoms with E-state index >= 15 is 0 Å². The molecule has 18 heteroatoms. The van der Waals surface area contributed by atoms with Crippen LogP contribution in [0.3, 0.4) is 0 Å². The summed E-state index contributed by atoms with van der Waals surface area (Å²) in [6, 6.07) is 12.4. The van der Waals surface area contributed by atoms with E-state index in [1.807, 2.05) is 12.1 Å². The summed E-state index contributed by atoms with van der Waals surface area (Å²) >= 11 is 27.9. The maximum atomic E-state index is 12.2. The van der Waals surface area contributed by atoms with Crippen molar-refractivity contribution in [1.29, 1.82) is 0 Å². The third-order valence-corrected chi connectivity index (χ3v) is 8.21. The van der Waals surface area contributed by atoms with E-state index in [9.17, 15) is 37.2 Å². The molecule has 246 valence electrons. The molecule has 7 nitrogen and oxygen atoms in total. The van der Waals surface area contributed by atoms with Gasteiger partial charge in [0, 0.05) is 23.0 Å². The number of nitro groups is 1. The van der Waals surface area contributed by atoms with E-state index in [0.29, 0.717) is 16.6 Å². The molecule has 0 saturated carbocycles. The molecule has 0 heterocycles. The number of phenols is 4. The molecule has 45 heavy (non-hydrogen) atoms. The molecule has 4 rings (SSSR count). The van der Waals surface area contributed by atoms with Crippen LogP contribution in [0.4, 0.5) is 27.6 Å². The molecule has 0 aliphatic rings. The largest absolute Gasteiger partial charge is 0.508 e. The molecule has 0 bridgehead atoms. The van der Waals surface area contributed by atoms with Gasteiger partial charge in [-0.05, 0) is 36.4 Å². The minimum atomic E-state index is -2.29. The van der Waals surface area contributed by atoms with Gasteiger partial charge in [-0.2, -0.15) is 8.78 Å². The van der Waals surface area contributed by atoms with Crippen molar-refractivity contribution in [3.8, 4) is 23.0 Å². The van der Waals surface area contributed by atoms with Crippen molar-refractivity contribution < 1.29 is 47.3 Å². The number of rotatable bonds is 2. The second-order valence-corrected chi connectivity index (χ2v) is 11.9. The van der Waals surface area contributed by atoms with Gasteiger partial charge >= 0.3 is 0 Å². The van der Waals surface area contributed by atoms with Crippen LogP contribution in [0.15, 0.2) is 53.4 Å². The van der Waals surface area contributed by atoms with Crippen molar-refractivity contribution in [3.05, 3.63) is 120 Å². The van der Waals surface area contributed by atoms with E-state index < -0.39 is 39.8 Å². The molecule has 0 amide bonds. The number of benzene rings is 4. The van der Waals surface area contributed by atoms with Crippen molar-refractivity contribution >= 4 is 74.6 Å². The van der Waals surface area contributed by atoms with Gasteiger partial charge in [-0.1, -0.05) is 58.0 Å². The highest BCUT2D eigenvalue weighted by Gasteiger charge is 2.25. The average molecular weight is 760 g/mol. The van der Waals surface area contributed by atoms with E-state index in [-0.39, 0.29) is 49.7 Å². The minimum absolute atomic E-state index is 0. The zero-order valence-corrected chi connectivity index (χ0v) is 27.5. The smallest absolute Gasteiger partial charge is 0.269 e. The predicted octanol–water partition coefficient (Wildman–Crippen LogP) is 10.1. The van der Waals surface area contributed by atoms with Crippen LogP contribution < -0.4 is 0 Å². The van der Waals surface area contributed by atoms with E-state index in [4.69, 9.17) is 73.3 Å². The summed E-state index contributed by atoms with van der Waals surface area (Å²) in [5, 5.41) is 45.0. The Kier molecular flexibility index (Phi) is 17.5. The molecule has 4 aromatic rings. The SMILES string of the molecule is C[S+](C)c1ccc(O)cc1.O=[N+]([O-])c1ccc(O)cc1.Oc1c(Cl)c(Cl)c(Cl)c(Cl)c1Cl.Oc1c(F)c(F)c(F)c(F)c1F.[CH3-]. The lowest BCUT2D eigenvalue weighted by atomic mass is 10.3. The lowest BCUT2D eigenvalue weighted by Crippen LogP contribution is -2.00. The number of non-ortho nitro benzene ring substituents is 1. The van der Waals surface area contributed by atoms with Gasteiger partial charge in [0.05, 0.1) is 20.0 Å². The summed E-state index contributed by atoms with van der Waals surface area (Å²) in [6.45, 7) is 0. The number of aromatic hydroxyl groups is 4. The molecule has 0 aliphatic heterocycles. The Hall–Kier alpha value is -3.07. The van der Waals surface area contributed by atoms with Gasteiger partial charge in [0.15, 0.2) is 16.4 Å². The average Bonchev–Trinajstić information content (AvgIpc) is 3.00. The summed E-state index contributed by atoms with van der Waals surface area (Å²) < 4.78 is 60.6. The monoisotopic (exact) mass is 757 g/mol. The van der Waals surface area contributed by atoms with Crippen molar-refractivity contribution in [3.63, 3.8) is 0 Å². The van der Waals surface area contributed by atoms with Crippen LogP contribution in [0.25, 0.3) is 0 Å². The first-order valence-corrected chi connectivity index (χ1v) is 15.0. The van der Waals surface area contributed by atoms with E-state index in [0.717, 1.165) is 0 Å². The highest BCUT2D eigenvalue weighted by atomic mass is 35.5. The quantitative estimate of drug-likeness (QED) is 0.0307. The summed E-state index contributed by atoms with van der Waals surface area (Å²) in [6.07, 6.45) is 4.32. The fourth-order valence-corrected chi connectivity index (χ4v) is 4.29. The summed E-state index contributed by atoms with van der Waals surface area (Å²) in [5.41, 5.74) is -0.0159. The van der Waals surface area contributed by atoms with Crippen LogP contribution in [0.1, 0.15) is 0 Å². The van der Waals surface area contributed by atoms with Gasteiger partial charge < -0.3 is 27.9 Å². The second kappa shape index (κ2) is 18.8. The molecular formula is C27H21Cl5F5NO6S.